The number of sulfone groups is 1. The summed E-state index contributed by atoms with van der Waals surface area (Å²) in [4.78, 5) is 0. The Balaban J connectivity index is 2.09. The summed E-state index contributed by atoms with van der Waals surface area (Å²) in [6.45, 7) is 10.0. The molecule has 1 aliphatic heterocycles. The van der Waals surface area contributed by atoms with Gasteiger partial charge in [0.05, 0.1) is 24.6 Å². The highest BCUT2D eigenvalue weighted by Gasteiger charge is 2.41. The van der Waals surface area contributed by atoms with E-state index in [0.717, 1.165) is 12.0 Å². The van der Waals surface area contributed by atoms with Crippen molar-refractivity contribution in [1.29, 1.82) is 0 Å². The molecule has 0 aliphatic carbocycles. The van der Waals surface area contributed by atoms with Crippen LogP contribution in [-0.2, 0) is 25.9 Å². The number of ether oxygens (including phenoxy) is 2. The van der Waals surface area contributed by atoms with Gasteiger partial charge in [0.25, 0.3) is 0 Å². The number of rotatable bonds is 7. The van der Waals surface area contributed by atoms with Gasteiger partial charge in [0.1, 0.15) is 0 Å². The SMILES string of the molecule is C=C(C)CS(=O)(=O)C1C[C@@H](OCc2ccccc2)[C@H](C)[C@@H](CC)O1. The molecule has 1 fully saturated rings. The van der Waals surface area contributed by atoms with Crippen molar-refractivity contribution in [3.8, 4) is 0 Å². The zero-order valence-corrected chi connectivity index (χ0v) is 15.6. The molecule has 4 nitrogen and oxygen atoms in total. The van der Waals surface area contributed by atoms with E-state index in [1.807, 2.05) is 37.3 Å². The number of hydrogen-bond donors (Lipinski definition) is 0. The molecule has 5 heteroatoms. The van der Waals surface area contributed by atoms with E-state index in [-0.39, 0.29) is 23.9 Å². The van der Waals surface area contributed by atoms with E-state index >= 15 is 0 Å². The molecule has 24 heavy (non-hydrogen) atoms. The molecular formula is C19H28O4S. The van der Waals surface area contributed by atoms with Crippen LogP contribution in [-0.4, -0.2) is 31.8 Å². The second-order valence-electron chi connectivity index (χ2n) is 6.71. The standard InChI is InChI=1S/C19H28O4S/c1-5-17-15(4)18(22-12-16-9-7-6-8-10-16)11-19(23-17)24(20,21)13-14(2)3/h6-10,15,17-19H,2,5,11-13H2,1,3-4H3/t15-,17-,18-,19?/m1/s1. The molecule has 1 aliphatic rings. The van der Waals surface area contributed by atoms with Crippen molar-refractivity contribution in [2.45, 2.75) is 57.9 Å². The van der Waals surface area contributed by atoms with Gasteiger partial charge in [-0.1, -0.05) is 56.3 Å². The Morgan fingerprint density at radius 3 is 2.58 bits per heavy atom. The highest BCUT2D eigenvalue weighted by Crippen LogP contribution is 2.32. The van der Waals surface area contributed by atoms with Gasteiger partial charge >= 0.3 is 0 Å². The van der Waals surface area contributed by atoms with Crippen LogP contribution in [0, 0.1) is 5.92 Å². The Bertz CT molecular complexity index is 639. The number of benzene rings is 1. The first-order valence-corrected chi connectivity index (χ1v) is 10.2. The Kier molecular flexibility index (Phi) is 6.61. The molecule has 0 saturated carbocycles. The lowest BCUT2D eigenvalue weighted by Crippen LogP contribution is -2.47. The Hall–Kier alpha value is -1.17. The first-order valence-electron chi connectivity index (χ1n) is 8.50. The van der Waals surface area contributed by atoms with Crippen LogP contribution in [0.15, 0.2) is 42.5 Å². The summed E-state index contributed by atoms with van der Waals surface area (Å²) < 4.78 is 37.0. The molecule has 134 valence electrons. The summed E-state index contributed by atoms with van der Waals surface area (Å²) in [6, 6.07) is 9.93. The van der Waals surface area contributed by atoms with E-state index in [1.54, 1.807) is 6.92 Å². The molecule has 1 aromatic rings. The summed E-state index contributed by atoms with van der Waals surface area (Å²) in [5.74, 6) is 0.128. The monoisotopic (exact) mass is 352 g/mol. The second kappa shape index (κ2) is 8.28. The fraction of sp³-hybridized carbons (Fsp3) is 0.579. The predicted molar refractivity (Wildman–Crippen MR) is 96.4 cm³/mol. The van der Waals surface area contributed by atoms with Gasteiger partial charge in [0, 0.05) is 12.3 Å². The molecule has 4 atom stereocenters. The van der Waals surface area contributed by atoms with Crippen molar-refractivity contribution in [2.75, 3.05) is 5.75 Å². The van der Waals surface area contributed by atoms with Crippen molar-refractivity contribution in [3.05, 3.63) is 48.0 Å². The van der Waals surface area contributed by atoms with Crippen LogP contribution in [0.5, 0.6) is 0 Å². The lowest BCUT2D eigenvalue weighted by Gasteiger charge is -2.39. The van der Waals surface area contributed by atoms with Crippen LogP contribution in [0.2, 0.25) is 0 Å². The average Bonchev–Trinajstić information content (AvgIpc) is 2.53. The van der Waals surface area contributed by atoms with Gasteiger partial charge in [0.2, 0.25) is 0 Å². The Morgan fingerprint density at radius 1 is 1.33 bits per heavy atom. The predicted octanol–water partition coefficient (Wildman–Crippen LogP) is 3.72. The summed E-state index contributed by atoms with van der Waals surface area (Å²) in [5, 5.41) is 0. The lowest BCUT2D eigenvalue weighted by molar-refractivity contribution is -0.130. The van der Waals surface area contributed by atoms with Gasteiger partial charge in [-0.15, -0.1) is 0 Å². The van der Waals surface area contributed by atoms with Gasteiger partial charge in [-0.25, -0.2) is 8.42 Å². The molecule has 0 spiro atoms. The number of hydrogen-bond acceptors (Lipinski definition) is 4. The molecule has 2 rings (SSSR count). The van der Waals surface area contributed by atoms with Gasteiger partial charge in [-0.2, -0.15) is 0 Å². The fourth-order valence-corrected chi connectivity index (χ4v) is 4.82. The Labute approximate surface area is 145 Å². The second-order valence-corrected chi connectivity index (χ2v) is 8.85. The molecule has 1 heterocycles. The van der Waals surface area contributed by atoms with Gasteiger partial charge in [-0.3, -0.25) is 0 Å². The van der Waals surface area contributed by atoms with Crippen LogP contribution in [0.1, 0.15) is 39.2 Å². The van der Waals surface area contributed by atoms with E-state index in [4.69, 9.17) is 9.47 Å². The summed E-state index contributed by atoms with van der Waals surface area (Å²) in [6.07, 6.45) is 0.907. The zero-order chi connectivity index (χ0) is 17.7. The first-order chi connectivity index (χ1) is 11.3. The molecule has 0 aromatic heterocycles. The van der Waals surface area contributed by atoms with E-state index in [1.165, 1.54) is 0 Å². The van der Waals surface area contributed by atoms with Crippen molar-refractivity contribution in [1.82, 2.24) is 0 Å². The lowest BCUT2D eigenvalue weighted by atomic mass is 9.91. The zero-order valence-electron chi connectivity index (χ0n) is 14.8. The minimum absolute atomic E-state index is 0.0338. The third-order valence-electron chi connectivity index (χ3n) is 4.48. The fourth-order valence-electron chi connectivity index (χ4n) is 3.15. The largest absolute Gasteiger partial charge is 0.373 e. The maximum absolute atomic E-state index is 12.5. The van der Waals surface area contributed by atoms with E-state index in [0.29, 0.717) is 18.6 Å². The van der Waals surface area contributed by atoms with Gasteiger partial charge < -0.3 is 9.47 Å². The maximum atomic E-state index is 12.5. The molecule has 0 radical (unpaired) electrons. The van der Waals surface area contributed by atoms with Crippen molar-refractivity contribution in [3.63, 3.8) is 0 Å². The Morgan fingerprint density at radius 2 is 2.00 bits per heavy atom. The topological polar surface area (TPSA) is 52.6 Å². The van der Waals surface area contributed by atoms with Crippen LogP contribution in [0.25, 0.3) is 0 Å². The summed E-state index contributed by atoms with van der Waals surface area (Å²) in [7, 11) is -3.37. The quantitative estimate of drug-likeness (QED) is 0.702. The van der Waals surface area contributed by atoms with Crippen LogP contribution in [0.4, 0.5) is 0 Å². The van der Waals surface area contributed by atoms with Crippen molar-refractivity contribution < 1.29 is 17.9 Å². The minimum atomic E-state index is -3.37. The van der Waals surface area contributed by atoms with Crippen molar-refractivity contribution >= 4 is 9.84 Å². The van der Waals surface area contributed by atoms with Crippen molar-refractivity contribution in [2.24, 2.45) is 5.92 Å². The van der Waals surface area contributed by atoms with Crippen LogP contribution < -0.4 is 0 Å². The first kappa shape index (κ1) is 19.2. The van der Waals surface area contributed by atoms with Gasteiger partial charge in [-0.05, 0) is 18.9 Å². The normalized spacial score (nSPS) is 27.8. The highest BCUT2D eigenvalue weighted by atomic mass is 32.2. The van der Waals surface area contributed by atoms with E-state index in [9.17, 15) is 8.42 Å². The van der Waals surface area contributed by atoms with Crippen LogP contribution >= 0.6 is 0 Å². The maximum Gasteiger partial charge on any atom is 0.180 e. The highest BCUT2D eigenvalue weighted by molar-refractivity contribution is 7.92. The molecule has 1 aromatic carbocycles. The molecule has 0 bridgehead atoms. The molecule has 0 N–H and O–H groups in total. The minimum Gasteiger partial charge on any atom is -0.373 e. The average molecular weight is 352 g/mol. The molecule has 0 amide bonds. The summed E-state index contributed by atoms with van der Waals surface area (Å²) >= 11 is 0. The molecular weight excluding hydrogens is 324 g/mol. The van der Waals surface area contributed by atoms with Gasteiger partial charge in [0.15, 0.2) is 15.3 Å². The smallest absolute Gasteiger partial charge is 0.180 e. The van der Waals surface area contributed by atoms with E-state index < -0.39 is 15.3 Å². The third-order valence-corrected chi connectivity index (χ3v) is 6.48. The molecule has 1 saturated heterocycles. The van der Waals surface area contributed by atoms with Crippen LogP contribution in [0.3, 0.4) is 0 Å². The summed E-state index contributed by atoms with van der Waals surface area (Å²) in [5.41, 5.74) is 0.911. The van der Waals surface area contributed by atoms with E-state index in [2.05, 4.69) is 13.5 Å². The third kappa shape index (κ3) is 4.91. The molecule has 1 unspecified atom stereocenters.